The summed E-state index contributed by atoms with van der Waals surface area (Å²) in [5, 5.41) is 17.2. The van der Waals surface area contributed by atoms with Crippen LogP contribution in [0.2, 0.25) is 0 Å². The van der Waals surface area contributed by atoms with Gasteiger partial charge in [-0.1, -0.05) is 5.16 Å². The van der Waals surface area contributed by atoms with Gasteiger partial charge in [-0.15, -0.1) is 0 Å². The van der Waals surface area contributed by atoms with Crippen molar-refractivity contribution in [2.24, 2.45) is 0 Å². The van der Waals surface area contributed by atoms with Gasteiger partial charge in [-0.2, -0.15) is 16.7 Å². The fourth-order valence-electron chi connectivity index (χ4n) is 3.16. The fraction of sp³-hybridized carbons (Fsp3) is 0.450. The number of ether oxygens (including phenoxy) is 2. The smallest absolute Gasteiger partial charge is 0.339 e. The number of hydrogen-bond donors (Lipinski definition) is 2. The number of phenolic OH excluding ortho intramolecular Hbond substituents is 1. The van der Waals surface area contributed by atoms with Crippen molar-refractivity contribution >= 4 is 45.5 Å². The first-order chi connectivity index (χ1) is 15.7. The van der Waals surface area contributed by atoms with Gasteiger partial charge in [0.05, 0.1) is 30.2 Å². The summed E-state index contributed by atoms with van der Waals surface area (Å²) >= 11 is 4.69. The second-order valence-electron chi connectivity index (χ2n) is 7.16. The lowest BCUT2D eigenvalue weighted by molar-refractivity contribution is -0.135. The highest BCUT2D eigenvalue weighted by molar-refractivity contribution is 9.10. The molecular weight excluding hydrogens is 520 g/mol. The van der Waals surface area contributed by atoms with Crippen molar-refractivity contribution in [3.8, 4) is 11.5 Å². The minimum Gasteiger partial charge on any atom is -0.507 e. The number of aromatic hydroxyl groups is 1. The molecule has 33 heavy (non-hydrogen) atoms. The third-order valence-corrected chi connectivity index (χ3v) is 6.67. The number of amides is 2. The van der Waals surface area contributed by atoms with Gasteiger partial charge in [-0.05, 0) is 22.9 Å². The number of thioether (sulfide) groups is 1. The Bertz CT molecular complexity index is 1060. The summed E-state index contributed by atoms with van der Waals surface area (Å²) in [4.78, 5) is 43.0. The molecule has 1 aliphatic heterocycles. The van der Waals surface area contributed by atoms with E-state index in [9.17, 15) is 19.5 Å². The number of halogens is 1. The molecule has 0 aliphatic carbocycles. The maximum absolute atomic E-state index is 12.9. The first-order valence-electron chi connectivity index (χ1n) is 9.89. The molecule has 0 spiro atoms. The summed E-state index contributed by atoms with van der Waals surface area (Å²) in [6, 6.07) is 0.762. The summed E-state index contributed by atoms with van der Waals surface area (Å²) in [5.41, 5.74) is 0.463. The summed E-state index contributed by atoms with van der Waals surface area (Å²) in [6.45, 7) is 2.62. The Morgan fingerprint density at radius 3 is 2.82 bits per heavy atom. The number of nitrogens with one attached hydrogen (secondary N) is 1. The maximum atomic E-state index is 12.9. The van der Waals surface area contributed by atoms with Crippen molar-refractivity contribution in [2.75, 3.05) is 32.6 Å². The van der Waals surface area contributed by atoms with Crippen LogP contribution in [0.3, 0.4) is 0 Å². The van der Waals surface area contributed by atoms with Crippen LogP contribution in [0.1, 0.15) is 40.6 Å². The molecular formula is C20H23BrN4O7S. The number of aryl methyl sites for hydroxylation is 1. The maximum Gasteiger partial charge on any atom is 0.339 e. The number of methoxy groups -OCH3 is 1. The Morgan fingerprint density at radius 2 is 2.18 bits per heavy atom. The van der Waals surface area contributed by atoms with Crippen molar-refractivity contribution < 1.29 is 33.5 Å². The van der Waals surface area contributed by atoms with E-state index in [0.717, 1.165) is 0 Å². The van der Waals surface area contributed by atoms with Gasteiger partial charge in [-0.3, -0.25) is 9.59 Å². The van der Waals surface area contributed by atoms with E-state index in [1.54, 1.807) is 6.92 Å². The Morgan fingerprint density at radius 1 is 1.42 bits per heavy atom. The minimum atomic E-state index is -0.694. The number of carbonyl (C=O) groups is 3. The van der Waals surface area contributed by atoms with Crippen LogP contribution in [0.4, 0.5) is 0 Å². The van der Waals surface area contributed by atoms with Gasteiger partial charge >= 0.3 is 5.97 Å². The third kappa shape index (κ3) is 5.96. The Hall–Kier alpha value is -2.80. The lowest BCUT2D eigenvalue weighted by Gasteiger charge is -2.23. The van der Waals surface area contributed by atoms with Crippen LogP contribution < -0.4 is 10.1 Å². The number of hydrogen-bond acceptors (Lipinski definition) is 10. The van der Waals surface area contributed by atoms with Gasteiger partial charge in [0.1, 0.15) is 24.1 Å². The Kier molecular flexibility index (Phi) is 8.19. The van der Waals surface area contributed by atoms with E-state index in [4.69, 9.17) is 14.0 Å². The van der Waals surface area contributed by atoms with Crippen molar-refractivity contribution in [3.63, 3.8) is 0 Å². The molecule has 0 bridgehead atoms. The lowest BCUT2D eigenvalue weighted by atomic mass is 10.1. The molecule has 11 nitrogen and oxygen atoms in total. The quantitative estimate of drug-likeness (QED) is 0.540. The SMILES string of the molecule is COc1cc(O)c2c(c1Br)C(=O)OCCN(C(C)=O)CC(=O)N[C@H](c1nc(C)no1)CSC2. The molecule has 0 fully saturated rings. The number of fused-ring (bicyclic) bond motifs is 1. The first-order valence-corrected chi connectivity index (χ1v) is 11.8. The zero-order chi connectivity index (χ0) is 24.1. The normalized spacial score (nSPS) is 18.1. The van der Waals surface area contributed by atoms with Crippen LogP contribution in [0.5, 0.6) is 11.5 Å². The van der Waals surface area contributed by atoms with Gasteiger partial charge in [-0.25, -0.2) is 4.79 Å². The number of rotatable bonds is 2. The van der Waals surface area contributed by atoms with E-state index >= 15 is 0 Å². The molecule has 2 amide bonds. The average molecular weight is 543 g/mol. The van der Waals surface area contributed by atoms with Gasteiger partial charge < -0.3 is 29.3 Å². The van der Waals surface area contributed by atoms with Crippen LogP contribution in [0.15, 0.2) is 15.1 Å². The van der Waals surface area contributed by atoms with E-state index in [1.807, 2.05) is 0 Å². The molecule has 3 rings (SSSR count). The second kappa shape index (κ2) is 10.9. The van der Waals surface area contributed by atoms with Crippen LogP contribution in [0, 0.1) is 6.92 Å². The number of aromatic nitrogens is 2. The van der Waals surface area contributed by atoms with E-state index in [0.29, 0.717) is 21.6 Å². The molecule has 178 valence electrons. The highest BCUT2D eigenvalue weighted by Crippen LogP contribution is 2.39. The van der Waals surface area contributed by atoms with Crippen LogP contribution in [0.25, 0.3) is 0 Å². The van der Waals surface area contributed by atoms with Gasteiger partial charge in [0.2, 0.25) is 17.7 Å². The molecule has 0 unspecified atom stereocenters. The Labute approximate surface area is 202 Å². The highest BCUT2D eigenvalue weighted by atomic mass is 79.9. The topological polar surface area (TPSA) is 144 Å². The van der Waals surface area contributed by atoms with E-state index in [2.05, 4.69) is 31.4 Å². The summed E-state index contributed by atoms with van der Waals surface area (Å²) in [6.07, 6.45) is 0. The minimum absolute atomic E-state index is 0.0104. The zero-order valence-corrected chi connectivity index (χ0v) is 20.6. The average Bonchev–Trinajstić information content (AvgIpc) is 3.19. The molecule has 1 aliphatic rings. The molecule has 0 saturated carbocycles. The first kappa shape index (κ1) is 24.8. The second-order valence-corrected chi connectivity index (χ2v) is 8.98. The predicted octanol–water partition coefficient (Wildman–Crippen LogP) is 1.96. The van der Waals surface area contributed by atoms with Gasteiger partial charge in [0.15, 0.2) is 5.82 Å². The fourth-order valence-corrected chi connectivity index (χ4v) is 4.91. The highest BCUT2D eigenvalue weighted by Gasteiger charge is 2.27. The molecule has 0 radical (unpaired) electrons. The molecule has 2 heterocycles. The number of esters is 1. The standard InChI is InChI=1S/C20H23BrN4O7S/c1-10-22-19(32-24-10)13-9-33-8-12-14(27)6-15(30-3)18(21)17(12)20(29)31-5-4-25(11(2)26)7-16(28)23-13/h6,13,27H,4-5,7-9H2,1-3H3,(H,23,28)/t13-/m0/s1. The van der Waals surface area contributed by atoms with E-state index in [1.165, 1.54) is 36.8 Å². The molecule has 2 aromatic rings. The Balaban J connectivity index is 1.98. The number of carbonyl (C=O) groups excluding carboxylic acids is 3. The number of benzene rings is 1. The summed E-state index contributed by atoms with van der Waals surface area (Å²) < 4.78 is 16.2. The van der Waals surface area contributed by atoms with Crippen molar-refractivity contribution in [1.29, 1.82) is 0 Å². The lowest BCUT2D eigenvalue weighted by Crippen LogP contribution is -2.43. The van der Waals surface area contributed by atoms with E-state index < -0.39 is 17.9 Å². The predicted molar refractivity (Wildman–Crippen MR) is 121 cm³/mol. The summed E-state index contributed by atoms with van der Waals surface area (Å²) in [5.74, 6) is -0.193. The van der Waals surface area contributed by atoms with Crippen LogP contribution in [-0.2, 0) is 20.1 Å². The third-order valence-electron chi connectivity index (χ3n) is 4.82. The van der Waals surface area contributed by atoms with Crippen LogP contribution in [-0.4, -0.2) is 70.5 Å². The zero-order valence-electron chi connectivity index (χ0n) is 18.2. The summed E-state index contributed by atoms with van der Waals surface area (Å²) in [7, 11) is 1.42. The number of phenols is 1. The van der Waals surface area contributed by atoms with Crippen LogP contribution >= 0.6 is 27.7 Å². The number of cyclic esters (lactones) is 1. The van der Waals surface area contributed by atoms with Crippen molar-refractivity contribution in [1.82, 2.24) is 20.4 Å². The van der Waals surface area contributed by atoms with Gasteiger partial charge in [0, 0.05) is 30.1 Å². The molecule has 13 heteroatoms. The largest absolute Gasteiger partial charge is 0.507 e. The van der Waals surface area contributed by atoms with E-state index in [-0.39, 0.29) is 54.3 Å². The van der Waals surface area contributed by atoms with Crippen molar-refractivity contribution in [3.05, 3.63) is 33.4 Å². The van der Waals surface area contributed by atoms with Gasteiger partial charge in [0.25, 0.3) is 0 Å². The molecule has 0 saturated heterocycles. The van der Waals surface area contributed by atoms with Crippen molar-refractivity contribution in [2.45, 2.75) is 25.6 Å². The molecule has 1 aromatic heterocycles. The monoisotopic (exact) mass is 542 g/mol. The number of nitrogens with zero attached hydrogens (tertiary/aromatic N) is 3. The molecule has 1 aromatic carbocycles. The molecule has 1 atom stereocenters. The molecule has 2 N–H and O–H groups in total.